The second-order valence-electron chi connectivity index (χ2n) is 8.73. The Morgan fingerprint density at radius 2 is 1.51 bits per heavy atom. The number of hydrogen-bond acceptors (Lipinski definition) is 5. The van der Waals surface area contributed by atoms with Gasteiger partial charge in [-0.05, 0) is 46.5 Å². The van der Waals surface area contributed by atoms with Gasteiger partial charge in [-0.25, -0.2) is 9.59 Å². The van der Waals surface area contributed by atoms with E-state index in [9.17, 15) is 24.6 Å². The van der Waals surface area contributed by atoms with Crippen molar-refractivity contribution in [3.8, 4) is 11.1 Å². The highest BCUT2D eigenvalue weighted by Crippen LogP contribution is 2.44. The molecule has 0 radical (unpaired) electrons. The quantitative estimate of drug-likeness (QED) is 0.521. The van der Waals surface area contributed by atoms with Gasteiger partial charge in [-0.2, -0.15) is 0 Å². The summed E-state index contributed by atoms with van der Waals surface area (Å²) in [5.41, 5.74) is 5.24. The Labute approximate surface area is 201 Å². The third kappa shape index (κ3) is 4.36. The van der Waals surface area contributed by atoms with E-state index in [1.54, 1.807) is 12.1 Å². The van der Waals surface area contributed by atoms with Crippen molar-refractivity contribution in [2.24, 2.45) is 0 Å². The highest BCUT2D eigenvalue weighted by molar-refractivity contribution is 5.97. The van der Waals surface area contributed by atoms with E-state index in [2.05, 4.69) is 17.4 Å². The summed E-state index contributed by atoms with van der Waals surface area (Å²) in [6.07, 6.45) is -1.48. The number of nitrogens with zero attached hydrogens (tertiary/aromatic N) is 1. The van der Waals surface area contributed by atoms with Gasteiger partial charge in [-0.3, -0.25) is 10.1 Å². The summed E-state index contributed by atoms with van der Waals surface area (Å²) in [6.45, 7) is 0.153. The topological polar surface area (TPSA) is 116 Å². The van der Waals surface area contributed by atoms with Gasteiger partial charge in [-0.15, -0.1) is 0 Å². The Hall–Kier alpha value is -4.17. The van der Waals surface area contributed by atoms with Crippen LogP contribution in [0.1, 0.15) is 33.8 Å². The zero-order valence-corrected chi connectivity index (χ0v) is 18.8. The molecule has 1 saturated heterocycles. The molecule has 8 nitrogen and oxygen atoms in total. The van der Waals surface area contributed by atoms with Gasteiger partial charge in [-0.1, -0.05) is 48.5 Å². The molecule has 3 aromatic carbocycles. The average molecular weight is 472 g/mol. The molecule has 1 heterocycles. The molecule has 3 N–H and O–H groups in total. The van der Waals surface area contributed by atoms with E-state index in [-0.39, 0.29) is 31.1 Å². The standard InChI is InChI=1S/C27H24N2O6/c30-18-13-24(26(32)33)29(14-18)25(31)16-9-11-17(12-10-16)28-27(34)35-15-23-21-7-3-1-5-19(21)20-6-2-4-8-22(20)23/h1-12,18,23-24,30H,13-15H2,(H,28,34)(H,32,33)/t18?,24-/m0/s1. The Morgan fingerprint density at radius 1 is 0.914 bits per heavy atom. The summed E-state index contributed by atoms with van der Waals surface area (Å²) in [5, 5.41) is 21.8. The first-order valence-corrected chi connectivity index (χ1v) is 11.4. The smallest absolute Gasteiger partial charge is 0.411 e. The van der Waals surface area contributed by atoms with Crippen LogP contribution in [0.2, 0.25) is 0 Å². The second-order valence-corrected chi connectivity index (χ2v) is 8.73. The number of likely N-dealkylation sites (tertiary alicyclic amines) is 1. The molecule has 178 valence electrons. The van der Waals surface area contributed by atoms with Crippen molar-refractivity contribution in [2.75, 3.05) is 18.5 Å². The molecule has 0 saturated carbocycles. The van der Waals surface area contributed by atoms with Crippen LogP contribution in [0, 0.1) is 0 Å². The molecule has 0 bridgehead atoms. The number of aliphatic hydroxyl groups is 1. The van der Waals surface area contributed by atoms with Gasteiger partial charge in [0.05, 0.1) is 6.10 Å². The van der Waals surface area contributed by atoms with Crippen molar-refractivity contribution in [1.82, 2.24) is 4.90 Å². The number of aliphatic hydroxyl groups excluding tert-OH is 1. The molecule has 1 unspecified atom stereocenters. The zero-order chi connectivity index (χ0) is 24.5. The molecule has 0 spiro atoms. The number of anilines is 1. The summed E-state index contributed by atoms with van der Waals surface area (Å²) >= 11 is 0. The lowest BCUT2D eigenvalue weighted by Crippen LogP contribution is -2.40. The Morgan fingerprint density at radius 3 is 2.11 bits per heavy atom. The number of hydrogen-bond donors (Lipinski definition) is 3. The predicted octanol–water partition coefficient (Wildman–Crippen LogP) is 3.71. The van der Waals surface area contributed by atoms with Crippen LogP contribution in [0.3, 0.4) is 0 Å². The van der Waals surface area contributed by atoms with Crippen molar-refractivity contribution in [3.05, 3.63) is 89.5 Å². The summed E-state index contributed by atoms with van der Waals surface area (Å²) in [4.78, 5) is 37.8. The fourth-order valence-corrected chi connectivity index (χ4v) is 4.89. The predicted molar refractivity (Wildman–Crippen MR) is 128 cm³/mol. The number of amides is 2. The first kappa shape index (κ1) is 22.6. The molecule has 1 aliphatic heterocycles. The minimum atomic E-state index is -1.15. The minimum Gasteiger partial charge on any atom is -0.480 e. The SMILES string of the molecule is O=C(Nc1ccc(C(=O)N2CC(O)C[C@H]2C(=O)O)cc1)OCC1c2ccccc2-c2ccccc21. The number of carbonyl (C=O) groups is 3. The second kappa shape index (κ2) is 9.23. The van der Waals surface area contributed by atoms with E-state index < -0.39 is 30.1 Å². The molecular weight excluding hydrogens is 448 g/mol. The highest BCUT2D eigenvalue weighted by atomic mass is 16.5. The minimum absolute atomic E-state index is 0.00248. The van der Waals surface area contributed by atoms with Gasteiger partial charge >= 0.3 is 12.1 Å². The Balaban J connectivity index is 1.21. The Bertz CT molecular complexity index is 1240. The van der Waals surface area contributed by atoms with Crippen LogP contribution in [-0.4, -0.2) is 58.4 Å². The molecule has 1 aliphatic carbocycles. The van der Waals surface area contributed by atoms with Crippen molar-refractivity contribution in [3.63, 3.8) is 0 Å². The monoisotopic (exact) mass is 472 g/mol. The lowest BCUT2D eigenvalue weighted by atomic mass is 9.98. The number of carboxylic acids is 1. The zero-order valence-electron chi connectivity index (χ0n) is 18.8. The molecule has 3 aromatic rings. The van der Waals surface area contributed by atoms with Crippen molar-refractivity contribution in [2.45, 2.75) is 24.5 Å². The van der Waals surface area contributed by atoms with Crippen LogP contribution >= 0.6 is 0 Å². The van der Waals surface area contributed by atoms with Crippen LogP contribution in [0.5, 0.6) is 0 Å². The summed E-state index contributed by atoms with van der Waals surface area (Å²) in [7, 11) is 0. The van der Waals surface area contributed by atoms with E-state index in [1.807, 2.05) is 36.4 Å². The number of fused-ring (bicyclic) bond motifs is 3. The van der Waals surface area contributed by atoms with Gasteiger partial charge in [0.15, 0.2) is 0 Å². The number of benzene rings is 3. The number of aliphatic carboxylic acids is 1. The van der Waals surface area contributed by atoms with E-state index >= 15 is 0 Å². The van der Waals surface area contributed by atoms with E-state index in [1.165, 1.54) is 12.1 Å². The normalized spacial score (nSPS) is 18.6. The van der Waals surface area contributed by atoms with E-state index in [0.29, 0.717) is 5.69 Å². The summed E-state index contributed by atoms with van der Waals surface area (Å²) in [5.74, 6) is -1.68. The lowest BCUT2D eigenvalue weighted by Gasteiger charge is -2.21. The van der Waals surface area contributed by atoms with Crippen LogP contribution in [0.15, 0.2) is 72.8 Å². The molecule has 0 aromatic heterocycles. The number of carbonyl (C=O) groups excluding carboxylic acids is 2. The summed E-state index contributed by atoms with van der Waals surface area (Å²) < 4.78 is 5.54. The van der Waals surface area contributed by atoms with Gasteiger partial charge in [0.2, 0.25) is 0 Å². The van der Waals surface area contributed by atoms with E-state index in [4.69, 9.17) is 4.74 Å². The van der Waals surface area contributed by atoms with Crippen LogP contribution in [0.25, 0.3) is 11.1 Å². The van der Waals surface area contributed by atoms with Gasteiger partial charge in [0.25, 0.3) is 5.91 Å². The number of nitrogens with one attached hydrogen (secondary N) is 1. The first-order chi connectivity index (χ1) is 16.9. The molecule has 1 fully saturated rings. The number of ether oxygens (including phenoxy) is 1. The van der Waals surface area contributed by atoms with Crippen LogP contribution < -0.4 is 5.32 Å². The third-order valence-corrected chi connectivity index (χ3v) is 6.55. The number of β-amino-alcohol motifs (C(OH)–C–C–N with tert-alkyl or cyclic N) is 1. The Kier molecular flexibility index (Phi) is 5.96. The maximum Gasteiger partial charge on any atom is 0.411 e. The van der Waals surface area contributed by atoms with Gasteiger partial charge in [0.1, 0.15) is 12.6 Å². The third-order valence-electron chi connectivity index (χ3n) is 6.55. The molecular formula is C27H24N2O6. The largest absolute Gasteiger partial charge is 0.480 e. The van der Waals surface area contributed by atoms with Crippen molar-refractivity contribution >= 4 is 23.7 Å². The molecule has 35 heavy (non-hydrogen) atoms. The maximum absolute atomic E-state index is 12.7. The number of carboxylic acid groups (broad SMARTS) is 1. The van der Waals surface area contributed by atoms with E-state index in [0.717, 1.165) is 27.2 Å². The van der Waals surface area contributed by atoms with Crippen molar-refractivity contribution in [1.29, 1.82) is 0 Å². The lowest BCUT2D eigenvalue weighted by molar-refractivity contribution is -0.141. The molecule has 2 atom stereocenters. The van der Waals surface area contributed by atoms with Gasteiger partial charge < -0.3 is 19.8 Å². The fraction of sp³-hybridized carbons (Fsp3) is 0.222. The highest BCUT2D eigenvalue weighted by Gasteiger charge is 2.39. The summed E-state index contributed by atoms with van der Waals surface area (Å²) in [6, 6.07) is 21.2. The molecule has 8 heteroatoms. The van der Waals surface area contributed by atoms with Crippen LogP contribution in [0.4, 0.5) is 10.5 Å². The van der Waals surface area contributed by atoms with Gasteiger partial charge in [0, 0.05) is 30.1 Å². The number of rotatable bonds is 5. The average Bonchev–Trinajstić information content (AvgIpc) is 3.41. The molecule has 2 aliphatic rings. The van der Waals surface area contributed by atoms with Crippen LogP contribution in [-0.2, 0) is 9.53 Å². The van der Waals surface area contributed by atoms with Crippen molar-refractivity contribution < 1.29 is 29.3 Å². The first-order valence-electron chi connectivity index (χ1n) is 11.4. The molecule has 5 rings (SSSR count). The molecule has 2 amide bonds. The fourth-order valence-electron chi connectivity index (χ4n) is 4.89. The maximum atomic E-state index is 12.7.